The third-order valence-corrected chi connectivity index (χ3v) is 5.82. The average Bonchev–Trinajstić information content (AvgIpc) is 3.14. The Morgan fingerprint density at radius 2 is 2.13 bits per heavy atom. The van der Waals surface area contributed by atoms with Gasteiger partial charge in [0.25, 0.3) is 11.5 Å². The number of nitrogens with one attached hydrogen (secondary N) is 2. The molecule has 7 nitrogen and oxygen atoms in total. The van der Waals surface area contributed by atoms with Gasteiger partial charge in [0.2, 0.25) is 0 Å². The van der Waals surface area contributed by atoms with E-state index in [4.69, 9.17) is 0 Å². The lowest BCUT2D eigenvalue weighted by atomic mass is 10.0. The topological polar surface area (TPSA) is 83.0 Å². The third kappa shape index (κ3) is 3.80. The molecule has 30 heavy (non-hydrogen) atoms. The number of amides is 1. The van der Waals surface area contributed by atoms with Crippen molar-refractivity contribution in [3.05, 3.63) is 69.4 Å². The monoisotopic (exact) mass is 405 g/mol. The van der Waals surface area contributed by atoms with Crippen LogP contribution >= 0.6 is 0 Å². The number of H-pyrrole nitrogens is 1. The van der Waals surface area contributed by atoms with Crippen molar-refractivity contribution in [1.29, 1.82) is 0 Å². The molecule has 0 aliphatic carbocycles. The van der Waals surface area contributed by atoms with Gasteiger partial charge in [-0.25, -0.2) is 0 Å². The summed E-state index contributed by atoms with van der Waals surface area (Å²) in [5, 5.41) is 2.68. The largest absolute Gasteiger partial charge is 0.354 e. The van der Waals surface area contributed by atoms with Gasteiger partial charge in [-0.15, -0.1) is 0 Å². The Labute approximate surface area is 175 Å². The second-order valence-corrected chi connectivity index (χ2v) is 7.71. The predicted octanol–water partition coefficient (Wildman–Crippen LogP) is 2.47. The number of aromatic nitrogens is 3. The Balaban J connectivity index is 1.48. The summed E-state index contributed by atoms with van der Waals surface area (Å²) in [4.78, 5) is 33.9. The molecule has 0 saturated heterocycles. The summed E-state index contributed by atoms with van der Waals surface area (Å²) in [6.45, 7) is 4.51. The molecule has 0 atom stereocenters. The molecular formula is C23H27N5O2. The first-order valence-electron chi connectivity index (χ1n) is 10.3. The highest BCUT2D eigenvalue weighted by atomic mass is 16.1. The number of aromatic amines is 1. The van der Waals surface area contributed by atoms with E-state index in [1.54, 1.807) is 7.05 Å². The number of nitrogens with zero attached hydrogens (tertiary/aromatic N) is 3. The lowest BCUT2D eigenvalue weighted by Gasteiger charge is -2.26. The minimum atomic E-state index is -0.0744. The highest BCUT2D eigenvalue weighted by Crippen LogP contribution is 2.25. The molecule has 3 aromatic rings. The summed E-state index contributed by atoms with van der Waals surface area (Å²) in [6.07, 6.45) is 5.74. The van der Waals surface area contributed by atoms with Gasteiger partial charge >= 0.3 is 0 Å². The molecule has 4 heterocycles. The lowest BCUT2D eigenvalue weighted by Crippen LogP contribution is -2.28. The smallest absolute Gasteiger partial charge is 0.267 e. The van der Waals surface area contributed by atoms with Gasteiger partial charge in [0.15, 0.2) is 0 Å². The van der Waals surface area contributed by atoms with E-state index in [1.165, 1.54) is 5.57 Å². The van der Waals surface area contributed by atoms with Gasteiger partial charge in [0.1, 0.15) is 5.69 Å². The standard InChI is InChI=1S/C23H27N5O2/c1-4-16-12-18-19(26-22(16)29)11-15(13-25-18)14-28-9-7-17(8-10-28)20-5-6-21(27(20)3)23(30)24-2/h5-7,11-13H,4,8-10,14H2,1-3H3,(H,24,30)(H,26,29). The van der Waals surface area contributed by atoms with Gasteiger partial charge in [-0.1, -0.05) is 13.0 Å². The van der Waals surface area contributed by atoms with Gasteiger partial charge in [0.05, 0.1) is 11.0 Å². The quantitative estimate of drug-likeness (QED) is 0.683. The molecule has 0 radical (unpaired) electrons. The number of pyridine rings is 2. The molecule has 2 N–H and O–H groups in total. The van der Waals surface area contributed by atoms with Crippen LogP contribution in [-0.4, -0.2) is 45.5 Å². The lowest BCUT2D eigenvalue weighted by molar-refractivity contribution is 0.0955. The number of fused-ring (bicyclic) bond motifs is 1. The third-order valence-electron chi connectivity index (χ3n) is 5.82. The van der Waals surface area contributed by atoms with Crippen LogP contribution in [0.1, 0.15) is 40.7 Å². The van der Waals surface area contributed by atoms with Gasteiger partial charge < -0.3 is 14.9 Å². The van der Waals surface area contributed by atoms with Crippen LogP contribution in [0.25, 0.3) is 16.6 Å². The molecule has 0 unspecified atom stereocenters. The molecular weight excluding hydrogens is 378 g/mol. The molecule has 7 heteroatoms. The van der Waals surface area contributed by atoms with E-state index in [-0.39, 0.29) is 11.5 Å². The Bertz CT molecular complexity index is 1190. The van der Waals surface area contributed by atoms with E-state index in [0.29, 0.717) is 12.1 Å². The van der Waals surface area contributed by atoms with E-state index >= 15 is 0 Å². The van der Waals surface area contributed by atoms with Crippen molar-refractivity contribution in [3.8, 4) is 0 Å². The summed E-state index contributed by atoms with van der Waals surface area (Å²) in [7, 11) is 3.57. The van der Waals surface area contributed by atoms with Gasteiger partial charge in [-0.3, -0.25) is 19.5 Å². The summed E-state index contributed by atoms with van der Waals surface area (Å²) in [6, 6.07) is 7.78. The Morgan fingerprint density at radius 1 is 1.30 bits per heavy atom. The van der Waals surface area contributed by atoms with E-state index < -0.39 is 0 Å². The zero-order chi connectivity index (χ0) is 21.3. The Morgan fingerprint density at radius 3 is 2.83 bits per heavy atom. The summed E-state index contributed by atoms with van der Waals surface area (Å²) in [5.74, 6) is -0.0744. The number of carbonyl (C=O) groups is 1. The first-order chi connectivity index (χ1) is 14.5. The van der Waals surface area contributed by atoms with Crippen molar-refractivity contribution in [2.24, 2.45) is 7.05 Å². The molecule has 1 amide bonds. The van der Waals surface area contributed by atoms with Crippen molar-refractivity contribution >= 4 is 22.5 Å². The molecule has 0 fully saturated rings. The maximum atomic E-state index is 12.1. The van der Waals surface area contributed by atoms with Crippen LogP contribution in [0, 0.1) is 0 Å². The van der Waals surface area contributed by atoms with Crippen molar-refractivity contribution in [1.82, 2.24) is 24.8 Å². The molecule has 0 bridgehead atoms. The van der Waals surface area contributed by atoms with E-state index in [0.717, 1.165) is 53.9 Å². The molecule has 0 aromatic carbocycles. The van der Waals surface area contributed by atoms with E-state index in [9.17, 15) is 9.59 Å². The second-order valence-electron chi connectivity index (χ2n) is 7.71. The molecule has 1 aliphatic rings. The highest BCUT2D eigenvalue weighted by molar-refractivity contribution is 5.93. The van der Waals surface area contributed by atoms with Gasteiger partial charge in [-0.2, -0.15) is 0 Å². The SMILES string of the molecule is CCc1cc2ncc(CN3CC=C(c4ccc(C(=O)NC)n4C)CC3)cc2[nH]c1=O. The van der Waals surface area contributed by atoms with Crippen molar-refractivity contribution < 1.29 is 4.79 Å². The Hall–Kier alpha value is -3.19. The molecule has 156 valence electrons. The first-order valence-corrected chi connectivity index (χ1v) is 10.3. The van der Waals surface area contributed by atoms with Crippen molar-refractivity contribution in [2.75, 3.05) is 20.1 Å². The zero-order valence-corrected chi connectivity index (χ0v) is 17.7. The fraction of sp³-hybridized carbons (Fsp3) is 0.348. The highest BCUT2D eigenvalue weighted by Gasteiger charge is 2.18. The van der Waals surface area contributed by atoms with Crippen LogP contribution in [0.3, 0.4) is 0 Å². The van der Waals surface area contributed by atoms with E-state index in [2.05, 4.69) is 26.3 Å². The minimum absolute atomic E-state index is 0.0341. The number of hydrogen-bond donors (Lipinski definition) is 2. The van der Waals surface area contributed by atoms with Gasteiger partial charge in [-0.05, 0) is 48.2 Å². The number of carbonyl (C=O) groups excluding carboxylic acids is 1. The van der Waals surface area contributed by atoms with E-state index in [1.807, 2.05) is 49.0 Å². The summed E-state index contributed by atoms with van der Waals surface area (Å²) >= 11 is 0. The second kappa shape index (κ2) is 8.28. The molecule has 0 saturated carbocycles. The normalized spacial score (nSPS) is 14.7. The molecule has 4 rings (SSSR count). The van der Waals surface area contributed by atoms with Crippen LogP contribution in [-0.2, 0) is 20.0 Å². The summed E-state index contributed by atoms with van der Waals surface area (Å²) < 4.78 is 1.95. The number of rotatable bonds is 5. The number of aryl methyl sites for hydroxylation is 1. The first kappa shape index (κ1) is 20.1. The van der Waals surface area contributed by atoms with Crippen LogP contribution in [0.5, 0.6) is 0 Å². The van der Waals surface area contributed by atoms with Crippen LogP contribution < -0.4 is 10.9 Å². The van der Waals surface area contributed by atoms with Crippen molar-refractivity contribution in [3.63, 3.8) is 0 Å². The minimum Gasteiger partial charge on any atom is -0.354 e. The molecule has 1 aliphatic heterocycles. The number of hydrogen-bond acceptors (Lipinski definition) is 4. The zero-order valence-electron chi connectivity index (χ0n) is 17.7. The molecule has 3 aromatic heterocycles. The van der Waals surface area contributed by atoms with Gasteiger partial charge in [0, 0.05) is 51.2 Å². The van der Waals surface area contributed by atoms with Crippen molar-refractivity contribution in [2.45, 2.75) is 26.3 Å². The van der Waals surface area contributed by atoms with Crippen LogP contribution in [0.2, 0.25) is 0 Å². The van der Waals surface area contributed by atoms with Crippen LogP contribution in [0.15, 0.2) is 41.3 Å². The average molecular weight is 406 g/mol. The van der Waals surface area contributed by atoms with Crippen LogP contribution in [0.4, 0.5) is 0 Å². The molecule has 0 spiro atoms. The Kier molecular flexibility index (Phi) is 5.55. The maximum absolute atomic E-state index is 12.1. The predicted molar refractivity (Wildman–Crippen MR) is 118 cm³/mol. The fourth-order valence-electron chi connectivity index (χ4n) is 4.05. The fourth-order valence-corrected chi connectivity index (χ4v) is 4.05. The maximum Gasteiger partial charge on any atom is 0.267 e. The summed E-state index contributed by atoms with van der Waals surface area (Å²) in [5.41, 5.74) is 6.44.